The molecule has 112 valence electrons. The van der Waals surface area contributed by atoms with E-state index in [4.69, 9.17) is 4.74 Å². The highest BCUT2D eigenvalue weighted by molar-refractivity contribution is 9.09. The Morgan fingerprint density at radius 1 is 1.26 bits per heavy atom. The first kappa shape index (κ1) is 18.5. The zero-order valence-corrected chi connectivity index (χ0v) is 12.8. The molecule has 11 heteroatoms. The van der Waals surface area contributed by atoms with Gasteiger partial charge in [0.15, 0.2) is 0 Å². The SMILES string of the molecule is COC(=O)C(OC)C(OCBr)(C(=O)OC)P(=O)(O)O. The summed E-state index contributed by atoms with van der Waals surface area (Å²) in [5.41, 5.74) is -0.454. The van der Waals surface area contributed by atoms with E-state index in [-0.39, 0.29) is 0 Å². The molecule has 0 rings (SSSR count). The summed E-state index contributed by atoms with van der Waals surface area (Å²) in [6, 6.07) is 0. The Labute approximate surface area is 117 Å². The van der Waals surface area contributed by atoms with Gasteiger partial charge in [-0.3, -0.25) is 4.57 Å². The van der Waals surface area contributed by atoms with E-state index in [0.29, 0.717) is 0 Å². The lowest BCUT2D eigenvalue weighted by Crippen LogP contribution is -2.56. The van der Waals surface area contributed by atoms with Crippen LogP contribution >= 0.6 is 23.5 Å². The number of esters is 2. The molecule has 0 spiro atoms. The van der Waals surface area contributed by atoms with Crippen molar-refractivity contribution >= 4 is 35.5 Å². The van der Waals surface area contributed by atoms with Crippen LogP contribution in [0.2, 0.25) is 0 Å². The predicted octanol–water partition coefficient (Wildman–Crippen LogP) is -0.410. The molecule has 0 aliphatic heterocycles. The molecule has 0 heterocycles. The molecule has 2 unspecified atom stereocenters. The summed E-state index contributed by atoms with van der Waals surface area (Å²) in [6.45, 7) is 0. The predicted molar refractivity (Wildman–Crippen MR) is 64.5 cm³/mol. The van der Waals surface area contributed by atoms with Crippen LogP contribution in [0.5, 0.6) is 0 Å². The Bertz CT molecular complexity index is 380. The van der Waals surface area contributed by atoms with E-state index in [9.17, 15) is 23.9 Å². The van der Waals surface area contributed by atoms with E-state index in [1.807, 2.05) is 0 Å². The Morgan fingerprint density at radius 2 is 1.79 bits per heavy atom. The van der Waals surface area contributed by atoms with E-state index < -0.39 is 36.5 Å². The summed E-state index contributed by atoms with van der Waals surface area (Å²) in [4.78, 5) is 42.0. The summed E-state index contributed by atoms with van der Waals surface area (Å²) in [6.07, 6.45) is -2.00. The fourth-order valence-electron chi connectivity index (χ4n) is 1.35. The van der Waals surface area contributed by atoms with E-state index in [1.165, 1.54) is 0 Å². The van der Waals surface area contributed by atoms with Gasteiger partial charge in [0.25, 0.3) is 0 Å². The molecular formula is C8H14BrO9P. The highest BCUT2D eigenvalue weighted by atomic mass is 79.9. The van der Waals surface area contributed by atoms with Gasteiger partial charge in [0.05, 0.1) is 14.2 Å². The second-order valence-corrected chi connectivity index (χ2v) is 5.33. The summed E-state index contributed by atoms with van der Waals surface area (Å²) in [5, 5.41) is -2.95. The third-order valence-electron chi connectivity index (χ3n) is 2.19. The normalized spacial score (nSPS) is 16.3. The molecule has 19 heavy (non-hydrogen) atoms. The number of carbonyl (C=O) groups is 2. The monoisotopic (exact) mass is 364 g/mol. The van der Waals surface area contributed by atoms with Crippen LogP contribution in [0.3, 0.4) is 0 Å². The molecule has 2 N–H and O–H groups in total. The van der Waals surface area contributed by atoms with Crippen molar-refractivity contribution in [2.45, 2.75) is 11.4 Å². The van der Waals surface area contributed by atoms with Gasteiger partial charge in [0.2, 0.25) is 6.10 Å². The van der Waals surface area contributed by atoms with E-state index in [2.05, 4.69) is 30.1 Å². The zero-order valence-electron chi connectivity index (χ0n) is 10.4. The minimum atomic E-state index is -5.29. The minimum Gasteiger partial charge on any atom is -0.467 e. The maximum atomic E-state index is 11.7. The molecule has 0 aliphatic carbocycles. The quantitative estimate of drug-likeness (QED) is 0.351. The lowest BCUT2D eigenvalue weighted by atomic mass is 10.2. The first-order valence-electron chi connectivity index (χ1n) is 4.67. The van der Waals surface area contributed by atoms with Gasteiger partial charge in [-0.05, 0) is 0 Å². The van der Waals surface area contributed by atoms with Gasteiger partial charge in [-0.25, -0.2) is 9.59 Å². The fraction of sp³-hybridized carbons (Fsp3) is 0.750. The van der Waals surface area contributed by atoms with Crippen molar-refractivity contribution in [2.75, 3.05) is 26.8 Å². The lowest BCUT2D eigenvalue weighted by Gasteiger charge is -2.34. The second-order valence-electron chi connectivity index (χ2n) is 3.12. The summed E-state index contributed by atoms with van der Waals surface area (Å²) >= 11 is 2.76. The van der Waals surface area contributed by atoms with Crippen LogP contribution < -0.4 is 0 Å². The van der Waals surface area contributed by atoms with Gasteiger partial charge in [-0.15, -0.1) is 0 Å². The van der Waals surface area contributed by atoms with E-state index in [0.717, 1.165) is 21.3 Å². The van der Waals surface area contributed by atoms with E-state index >= 15 is 0 Å². The van der Waals surface area contributed by atoms with Gasteiger partial charge in [0, 0.05) is 7.11 Å². The van der Waals surface area contributed by atoms with Crippen molar-refractivity contribution in [2.24, 2.45) is 0 Å². The molecule has 9 nitrogen and oxygen atoms in total. The molecule has 0 aromatic carbocycles. The first-order valence-corrected chi connectivity index (χ1v) is 7.40. The number of alkyl halides is 1. The van der Waals surface area contributed by atoms with E-state index in [1.54, 1.807) is 0 Å². The van der Waals surface area contributed by atoms with Crippen LogP contribution in [0.15, 0.2) is 0 Å². The van der Waals surface area contributed by atoms with Crippen LogP contribution in [0.4, 0.5) is 0 Å². The smallest absolute Gasteiger partial charge is 0.372 e. The van der Waals surface area contributed by atoms with Crippen molar-refractivity contribution in [3.05, 3.63) is 0 Å². The molecular weight excluding hydrogens is 351 g/mol. The second kappa shape index (κ2) is 7.32. The summed E-state index contributed by atoms with van der Waals surface area (Å²) in [5.74, 6) is -2.66. The van der Waals surface area contributed by atoms with Crippen LogP contribution in [0, 0.1) is 0 Å². The molecule has 0 aromatic rings. The van der Waals surface area contributed by atoms with Crippen LogP contribution in [-0.4, -0.2) is 60.0 Å². The Kier molecular flexibility index (Phi) is 7.12. The van der Waals surface area contributed by atoms with Crippen LogP contribution in [-0.2, 0) is 33.1 Å². The van der Waals surface area contributed by atoms with Gasteiger partial charge >= 0.3 is 24.9 Å². The van der Waals surface area contributed by atoms with Gasteiger partial charge in [-0.1, -0.05) is 15.9 Å². The third-order valence-corrected chi connectivity index (χ3v) is 3.83. The van der Waals surface area contributed by atoms with Crippen molar-refractivity contribution < 1.29 is 42.9 Å². The molecule has 0 saturated heterocycles. The third kappa shape index (κ3) is 3.53. The summed E-state index contributed by atoms with van der Waals surface area (Å²) < 4.78 is 29.7. The Balaban J connectivity index is 6.03. The summed E-state index contributed by atoms with van der Waals surface area (Å²) in [7, 11) is -2.48. The number of methoxy groups -OCH3 is 3. The maximum absolute atomic E-state index is 11.7. The lowest BCUT2D eigenvalue weighted by molar-refractivity contribution is -0.184. The van der Waals surface area contributed by atoms with Crippen LogP contribution in [0.1, 0.15) is 0 Å². The number of carbonyl (C=O) groups excluding carboxylic acids is 2. The maximum Gasteiger partial charge on any atom is 0.372 e. The number of hydrogen-bond donors (Lipinski definition) is 2. The molecule has 0 fully saturated rings. The molecule has 2 atom stereocenters. The molecule has 0 bridgehead atoms. The van der Waals surface area contributed by atoms with Crippen molar-refractivity contribution in [3.8, 4) is 0 Å². The Morgan fingerprint density at radius 3 is 2.05 bits per heavy atom. The first-order chi connectivity index (χ1) is 8.72. The number of rotatable bonds is 7. The molecule has 0 radical (unpaired) electrons. The van der Waals surface area contributed by atoms with Gasteiger partial charge in [-0.2, -0.15) is 0 Å². The Hall–Kier alpha value is -0.510. The van der Waals surface area contributed by atoms with Crippen molar-refractivity contribution in [1.82, 2.24) is 0 Å². The number of ether oxygens (including phenoxy) is 4. The molecule has 0 aromatic heterocycles. The van der Waals surface area contributed by atoms with Gasteiger partial charge < -0.3 is 28.7 Å². The highest BCUT2D eigenvalue weighted by Gasteiger charge is 2.65. The zero-order chi connectivity index (χ0) is 15.3. The molecule has 0 aliphatic rings. The number of hydrogen-bond acceptors (Lipinski definition) is 7. The standard InChI is InChI=1S/C8H14BrO9P/c1-15-5(6(10)16-2)8(18-4-9,7(11)17-3)19(12,13)14/h5H,4H2,1-3H3,(H2,12,13,14). The molecule has 0 amide bonds. The highest BCUT2D eigenvalue weighted by Crippen LogP contribution is 2.55. The topological polar surface area (TPSA) is 129 Å². The van der Waals surface area contributed by atoms with Crippen LogP contribution in [0.25, 0.3) is 0 Å². The molecule has 0 saturated carbocycles. The van der Waals surface area contributed by atoms with Crippen molar-refractivity contribution in [3.63, 3.8) is 0 Å². The average Bonchev–Trinajstić information content (AvgIpc) is 2.35. The fourth-order valence-corrected chi connectivity index (χ4v) is 2.97. The average molecular weight is 365 g/mol. The largest absolute Gasteiger partial charge is 0.467 e. The van der Waals surface area contributed by atoms with Gasteiger partial charge in [0.1, 0.15) is 5.52 Å². The minimum absolute atomic E-state index is 0.454. The van der Waals surface area contributed by atoms with Crippen molar-refractivity contribution in [1.29, 1.82) is 0 Å². The number of halogens is 1.